The number of methoxy groups -OCH3 is 1. The molecule has 4 aliphatic heterocycles. The lowest BCUT2D eigenvalue weighted by Gasteiger charge is -2.47. The van der Waals surface area contributed by atoms with Gasteiger partial charge in [-0.05, 0) is 95.7 Å². The van der Waals surface area contributed by atoms with E-state index in [9.17, 15) is 25.2 Å². The average Bonchev–Trinajstić information content (AvgIpc) is 4.11. The van der Waals surface area contributed by atoms with Crippen LogP contribution in [-0.2, 0) is 33.7 Å². The van der Waals surface area contributed by atoms with Crippen LogP contribution >= 0.6 is 0 Å². The van der Waals surface area contributed by atoms with Crippen molar-refractivity contribution in [2.24, 2.45) is 5.92 Å². The monoisotopic (exact) mass is 947 g/mol. The standard InChI is InChI=1S/C56H57N3O11/c1-66-45-23-39-35-17-16-32-9-5-13-34(32)47(35)49-43(61)27-59-26-41-31(8-6-14-36(41)54(59)64)10-7-21-67-53-50(62)46-28-68-44(20-18-37(45)52(48(39)51(49)63)70-55(69-46)56(53,65)29-60)40-25-58-42-19-15-30(22-38(40)42)24-57-33-11-3-2-4-12-33/h6,8,14-20,22-23,25,32-34,44,46,50,53,55,57-58,60,62-63,65H,2-5,9-13,24,26-29H2,1H3/b20-18+/t32-,34-,44-,46-,50-,53+,55-,56-/m1/s1. The van der Waals surface area contributed by atoms with Crippen LogP contribution in [0.5, 0.6) is 17.2 Å². The van der Waals surface area contributed by atoms with Crippen LogP contribution in [0, 0.1) is 17.9 Å². The van der Waals surface area contributed by atoms with Gasteiger partial charge in [0.2, 0.25) is 6.29 Å². The number of aromatic hydroxyl groups is 1. The molecule has 70 heavy (non-hydrogen) atoms. The van der Waals surface area contributed by atoms with E-state index in [2.05, 4.69) is 46.6 Å². The lowest BCUT2D eigenvalue weighted by atomic mass is 9.75. The molecule has 1 aromatic heterocycles. The van der Waals surface area contributed by atoms with Crippen molar-refractivity contribution in [3.05, 3.63) is 111 Å². The van der Waals surface area contributed by atoms with Gasteiger partial charge < -0.3 is 59.3 Å². The van der Waals surface area contributed by atoms with Gasteiger partial charge in [-0.2, -0.15) is 0 Å². The molecule has 7 aliphatic rings. The van der Waals surface area contributed by atoms with Gasteiger partial charge in [0.15, 0.2) is 17.5 Å². The second-order valence-corrected chi connectivity index (χ2v) is 20.1. The van der Waals surface area contributed by atoms with Gasteiger partial charge in [0.25, 0.3) is 5.91 Å². The number of hydrogen-bond acceptors (Lipinski definition) is 12. The molecule has 4 aromatic carbocycles. The van der Waals surface area contributed by atoms with Crippen molar-refractivity contribution in [2.75, 3.05) is 26.9 Å². The molecule has 14 heteroatoms. The molecule has 0 unspecified atom stereocenters. The van der Waals surface area contributed by atoms with E-state index < -0.39 is 48.7 Å². The van der Waals surface area contributed by atoms with Crippen molar-refractivity contribution >= 4 is 45.5 Å². The number of phenolic OH excluding ortho intramolecular Hbond substituents is 1. The first-order valence-corrected chi connectivity index (χ1v) is 24.8. The van der Waals surface area contributed by atoms with Gasteiger partial charge in [0.1, 0.15) is 41.7 Å². The molecule has 0 spiro atoms. The van der Waals surface area contributed by atoms with E-state index >= 15 is 4.79 Å². The molecule has 0 radical (unpaired) electrons. The zero-order valence-electron chi connectivity index (χ0n) is 39.0. The number of carbonyl (C=O) groups is 2. The van der Waals surface area contributed by atoms with Crippen LogP contribution in [0.15, 0.2) is 60.8 Å². The number of fused-ring (bicyclic) bond motifs is 10. The van der Waals surface area contributed by atoms with Gasteiger partial charge in [0.05, 0.1) is 43.4 Å². The minimum absolute atomic E-state index is 0.0233. The van der Waals surface area contributed by atoms with Crippen LogP contribution in [0.1, 0.15) is 123 Å². The number of aromatic amines is 1. The van der Waals surface area contributed by atoms with Crippen molar-refractivity contribution in [2.45, 2.75) is 119 Å². The van der Waals surface area contributed by atoms with Crippen molar-refractivity contribution in [1.29, 1.82) is 0 Å². The molecule has 8 atom stereocenters. The average molecular weight is 948 g/mol. The second-order valence-electron chi connectivity index (χ2n) is 20.1. The summed E-state index contributed by atoms with van der Waals surface area (Å²) in [6.07, 6.45) is 14.2. The fourth-order valence-electron chi connectivity index (χ4n) is 12.4. The Hall–Kier alpha value is -6.18. The van der Waals surface area contributed by atoms with E-state index in [4.69, 9.17) is 23.7 Å². The maximum atomic E-state index is 15.2. The first-order valence-electron chi connectivity index (χ1n) is 24.8. The second kappa shape index (κ2) is 17.9. The fourth-order valence-corrected chi connectivity index (χ4v) is 12.4. The largest absolute Gasteiger partial charge is 0.506 e. The molecule has 3 aliphatic carbocycles. The Morgan fingerprint density at radius 1 is 0.986 bits per heavy atom. The number of ether oxygens (including phenoxy) is 5. The Labute approximate surface area is 405 Å². The highest BCUT2D eigenvalue weighted by Gasteiger charge is 2.59. The van der Waals surface area contributed by atoms with Gasteiger partial charge in [-0.1, -0.05) is 68.0 Å². The Balaban J connectivity index is 1.07. The SMILES string of the molecule is COc1cc2c3c(c4c(O)c2c2c1/C=C/[C@H](c1c[nH]c5ccc(CNC6CCCCC6)cc15)OC[C@H]1O[C@H](O2)[C@@](O)(CO)[C@@H](OC#CCc2cccc5c2CN(CC4=O)C5=O)[C@@H]1O)[C@@H]1CCC[C@@H]1C=C3. The molecule has 14 nitrogen and oxygen atoms in total. The van der Waals surface area contributed by atoms with Crippen molar-refractivity contribution < 1.29 is 53.7 Å². The maximum absolute atomic E-state index is 15.2. The van der Waals surface area contributed by atoms with Crippen LogP contribution in [0.4, 0.5) is 0 Å². The highest BCUT2D eigenvalue weighted by Crippen LogP contribution is 2.55. The zero-order chi connectivity index (χ0) is 47.8. The van der Waals surface area contributed by atoms with Gasteiger partial charge >= 0.3 is 0 Å². The van der Waals surface area contributed by atoms with Crippen LogP contribution in [0.2, 0.25) is 0 Å². The quantitative estimate of drug-likeness (QED) is 0.0950. The number of aromatic nitrogens is 1. The summed E-state index contributed by atoms with van der Waals surface area (Å²) in [7, 11) is 1.53. The Morgan fingerprint density at radius 3 is 2.69 bits per heavy atom. The van der Waals surface area contributed by atoms with Gasteiger partial charge in [-0.15, -0.1) is 0 Å². The van der Waals surface area contributed by atoms with E-state index in [-0.39, 0.29) is 66.3 Å². The minimum Gasteiger partial charge on any atom is -0.506 e. The Morgan fingerprint density at radius 2 is 1.84 bits per heavy atom. The molecule has 1 amide bonds. The molecule has 5 heterocycles. The summed E-state index contributed by atoms with van der Waals surface area (Å²) in [5.74, 6) is 2.28. The van der Waals surface area contributed by atoms with E-state index in [0.717, 1.165) is 65.3 Å². The summed E-state index contributed by atoms with van der Waals surface area (Å²) in [5, 5.41) is 54.3. The highest BCUT2D eigenvalue weighted by molar-refractivity contribution is 6.14. The Bertz CT molecular complexity index is 3070. The molecule has 3 fully saturated rings. The van der Waals surface area contributed by atoms with Gasteiger partial charge in [-0.25, -0.2) is 0 Å². The van der Waals surface area contributed by atoms with E-state index in [0.29, 0.717) is 46.0 Å². The number of aliphatic hydroxyl groups excluding tert-OH is 2. The number of carbonyl (C=O) groups excluding carboxylic acids is 2. The molecule has 5 aromatic rings. The number of rotatable bonds is 6. The number of phenols is 1. The first kappa shape index (κ1) is 45.0. The topological polar surface area (TPSA) is 192 Å². The van der Waals surface area contributed by atoms with Gasteiger partial charge in [-0.3, -0.25) is 9.59 Å². The Kier molecular flexibility index (Phi) is 11.5. The smallest absolute Gasteiger partial charge is 0.254 e. The van der Waals surface area contributed by atoms with Crippen LogP contribution < -0.4 is 14.8 Å². The number of nitrogens with zero attached hydrogens (tertiary/aromatic N) is 1. The zero-order valence-corrected chi connectivity index (χ0v) is 39.0. The van der Waals surface area contributed by atoms with Crippen molar-refractivity contribution in [3.8, 4) is 29.3 Å². The predicted molar refractivity (Wildman–Crippen MR) is 260 cm³/mol. The molecule has 1 saturated heterocycles. The summed E-state index contributed by atoms with van der Waals surface area (Å²) in [6, 6.07) is 14.0. The number of nitrogens with one attached hydrogen (secondary N) is 2. The number of hydrogen-bond donors (Lipinski definition) is 6. The third-order valence-electron chi connectivity index (χ3n) is 16.1. The molecule has 12 rings (SSSR count). The first-order chi connectivity index (χ1) is 34.1. The van der Waals surface area contributed by atoms with Crippen LogP contribution in [0.3, 0.4) is 0 Å². The lowest BCUT2D eigenvalue weighted by Crippen LogP contribution is -2.70. The van der Waals surface area contributed by atoms with E-state index in [1.165, 1.54) is 31.3 Å². The van der Waals surface area contributed by atoms with E-state index in [1.807, 2.05) is 30.5 Å². The minimum atomic E-state index is -2.46. The molecule has 362 valence electrons. The fraction of sp³-hybridized carbons (Fsp3) is 0.429. The normalized spacial score (nSPS) is 28.7. The number of H-pyrrole nitrogens is 1. The number of amides is 1. The third-order valence-corrected chi connectivity index (χ3v) is 16.1. The third kappa shape index (κ3) is 7.40. The number of Topliss-reactive ketones (excluding diaryl/α,β-unsaturated/α-hetero) is 1. The number of allylic oxidation sites excluding steroid dienone is 1. The van der Waals surface area contributed by atoms with Gasteiger partial charge in [0, 0.05) is 59.2 Å². The highest BCUT2D eigenvalue weighted by atomic mass is 16.7. The van der Waals surface area contributed by atoms with Crippen LogP contribution in [-0.4, -0.2) is 105 Å². The van der Waals surface area contributed by atoms with Crippen molar-refractivity contribution in [1.82, 2.24) is 15.2 Å². The number of ketones is 1. The summed E-state index contributed by atoms with van der Waals surface area (Å²) in [5.41, 5.74) is 4.11. The predicted octanol–water partition coefficient (Wildman–Crippen LogP) is 7.08. The maximum Gasteiger partial charge on any atom is 0.254 e. The molecule has 6 N–H and O–H groups in total. The summed E-state index contributed by atoms with van der Waals surface area (Å²) in [6.45, 7) is -0.658. The number of benzene rings is 4. The summed E-state index contributed by atoms with van der Waals surface area (Å²) < 4.78 is 32.4. The van der Waals surface area contributed by atoms with Crippen LogP contribution in [0.25, 0.3) is 33.8 Å². The lowest BCUT2D eigenvalue weighted by molar-refractivity contribution is -0.328. The van der Waals surface area contributed by atoms with E-state index in [1.54, 1.807) is 18.2 Å². The molecule has 2 saturated carbocycles. The molecule has 8 bridgehead atoms. The summed E-state index contributed by atoms with van der Waals surface area (Å²) in [4.78, 5) is 34.2. The molecular weight excluding hydrogens is 891 g/mol. The summed E-state index contributed by atoms with van der Waals surface area (Å²) >= 11 is 0. The number of aliphatic hydroxyl groups is 3. The van der Waals surface area contributed by atoms with Crippen molar-refractivity contribution in [3.63, 3.8) is 0 Å². The molecular formula is C56H57N3O11.